The molecular weight excluding hydrogens is 300 g/mol. The van der Waals surface area contributed by atoms with Crippen molar-refractivity contribution in [2.24, 2.45) is 0 Å². The van der Waals surface area contributed by atoms with Gasteiger partial charge in [0.15, 0.2) is 12.4 Å². The topological polar surface area (TPSA) is 16.8 Å². The van der Waals surface area contributed by atoms with Crippen molar-refractivity contribution in [2.45, 2.75) is 39.2 Å². The van der Waals surface area contributed by atoms with Crippen molar-refractivity contribution >= 4 is 0 Å². The van der Waals surface area contributed by atoms with Gasteiger partial charge in [-0.3, -0.25) is 4.98 Å². The Balaban J connectivity index is 0.00000180. The molecule has 0 spiro atoms. The molecule has 0 fully saturated rings. The average Bonchev–Trinajstić information content (AvgIpc) is 2.45. The standard InChI is InChI=1S/C16H21N2.BrH/c1-2-3-4-5-12-18-13-8-16(9-14-18)15-6-10-17-11-7-15;/h6-11,13-14H,2-5,12H2,1H3;1H/q+1;/p-1. The van der Waals surface area contributed by atoms with E-state index in [1.807, 2.05) is 24.5 Å². The predicted molar refractivity (Wildman–Crippen MR) is 74.0 cm³/mol. The molecule has 2 rings (SSSR count). The van der Waals surface area contributed by atoms with Gasteiger partial charge in [-0.15, -0.1) is 0 Å². The number of aromatic nitrogens is 2. The van der Waals surface area contributed by atoms with E-state index in [9.17, 15) is 0 Å². The molecule has 19 heavy (non-hydrogen) atoms. The second kappa shape index (κ2) is 8.81. The van der Waals surface area contributed by atoms with E-state index in [0.29, 0.717) is 0 Å². The van der Waals surface area contributed by atoms with E-state index < -0.39 is 0 Å². The number of rotatable bonds is 6. The Morgan fingerprint density at radius 2 is 1.53 bits per heavy atom. The van der Waals surface area contributed by atoms with Gasteiger partial charge in [0.25, 0.3) is 0 Å². The molecule has 3 heteroatoms. The molecule has 0 aliphatic rings. The average molecular weight is 321 g/mol. The fraction of sp³-hybridized carbons (Fsp3) is 0.375. The van der Waals surface area contributed by atoms with Gasteiger partial charge < -0.3 is 17.0 Å². The molecule has 0 saturated carbocycles. The molecule has 2 nitrogen and oxygen atoms in total. The molecule has 0 aromatic carbocycles. The van der Waals surface area contributed by atoms with Crippen LogP contribution in [0.4, 0.5) is 0 Å². The van der Waals surface area contributed by atoms with Crippen LogP contribution in [0.2, 0.25) is 0 Å². The highest BCUT2D eigenvalue weighted by molar-refractivity contribution is 5.61. The molecule has 0 N–H and O–H groups in total. The lowest BCUT2D eigenvalue weighted by Gasteiger charge is -2.01. The van der Waals surface area contributed by atoms with Crippen molar-refractivity contribution < 1.29 is 21.5 Å². The Bertz CT molecular complexity index is 454. The lowest BCUT2D eigenvalue weighted by Crippen LogP contribution is -3.00. The number of aryl methyl sites for hydroxylation is 1. The van der Waals surface area contributed by atoms with Crippen LogP contribution < -0.4 is 21.5 Å². The fourth-order valence-corrected chi connectivity index (χ4v) is 2.06. The summed E-state index contributed by atoms with van der Waals surface area (Å²) in [6.07, 6.45) is 13.2. The quantitative estimate of drug-likeness (QED) is 0.563. The maximum atomic E-state index is 4.04. The van der Waals surface area contributed by atoms with Gasteiger partial charge in [-0.2, -0.15) is 0 Å². The Kier molecular flexibility index (Phi) is 7.34. The summed E-state index contributed by atoms with van der Waals surface area (Å²) >= 11 is 0. The molecule has 0 aliphatic carbocycles. The number of hydrogen-bond donors (Lipinski definition) is 0. The smallest absolute Gasteiger partial charge is 0.169 e. The van der Waals surface area contributed by atoms with E-state index in [0.717, 1.165) is 6.54 Å². The van der Waals surface area contributed by atoms with Gasteiger partial charge in [-0.25, -0.2) is 4.57 Å². The van der Waals surface area contributed by atoms with Crippen LogP contribution in [0.15, 0.2) is 49.1 Å². The first-order valence-electron chi connectivity index (χ1n) is 6.79. The SMILES string of the molecule is CCCCCC[n+]1ccc(-c2ccncc2)cc1.[Br-]. The van der Waals surface area contributed by atoms with E-state index in [1.54, 1.807) is 0 Å². The Labute approximate surface area is 126 Å². The predicted octanol–water partition coefficient (Wildman–Crippen LogP) is 0.620. The van der Waals surface area contributed by atoms with Crippen LogP contribution in [0.25, 0.3) is 11.1 Å². The number of unbranched alkanes of at least 4 members (excludes halogenated alkanes) is 3. The highest BCUT2D eigenvalue weighted by Gasteiger charge is 2.02. The highest BCUT2D eigenvalue weighted by atomic mass is 79.9. The summed E-state index contributed by atoms with van der Waals surface area (Å²) in [6.45, 7) is 3.37. The monoisotopic (exact) mass is 320 g/mol. The highest BCUT2D eigenvalue weighted by Crippen LogP contribution is 2.15. The largest absolute Gasteiger partial charge is 1.00 e. The zero-order valence-corrected chi connectivity index (χ0v) is 13.0. The minimum Gasteiger partial charge on any atom is -1.00 e. The Morgan fingerprint density at radius 1 is 0.895 bits per heavy atom. The number of hydrogen-bond acceptors (Lipinski definition) is 1. The summed E-state index contributed by atoms with van der Waals surface area (Å²) in [5.41, 5.74) is 2.48. The maximum absolute atomic E-state index is 4.04. The van der Waals surface area contributed by atoms with Crippen molar-refractivity contribution in [2.75, 3.05) is 0 Å². The summed E-state index contributed by atoms with van der Waals surface area (Å²) in [7, 11) is 0. The van der Waals surface area contributed by atoms with Crippen LogP contribution in [-0.4, -0.2) is 4.98 Å². The van der Waals surface area contributed by atoms with Gasteiger partial charge in [0.1, 0.15) is 6.54 Å². The molecule has 2 heterocycles. The van der Waals surface area contributed by atoms with Crippen molar-refractivity contribution in [3.05, 3.63) is 49.1 Å². The van der Waals surface area contributed by atoms with Crippen molar-refractivity contribution in [3.8, 4) is 11.1 Å². The van der Waals surface area contributed by atoms with Crippen molar-refractivity contribution in [1.82, 2.24) is 4.98 Å². The van der Waals surface area contributed by atoms with Gasteiger partial charge >= 0.3 is 0 Å². The minimum atomic E-state index is 0. The van der Waals surface area contributed by atoms with Crippen LogP contribution in [0.3, 0.4) is 0 Å². The zero-order valence-electron chi connectivity index (χ0n) is 11.4. The molecule has 0 saturated heterocycles. The van der Waals surface area contributed by atoms with Crippen molar-refractivity contribution in [1.29, 1.82) is 0 Å². The summed E-state index contributed by atoms with van der Waals surface area (Å²) in [5, 5.41) is 0. The van der Waals surface area contributed by atoms with E-state index in [2.05, 4.69) is 41.0 Å². The molecular formula is C16H21BrN2. The lowest BCUT2D eigenvalue weighted by atomic mass is 10.1. The third-order valence-corrected chi connectivity index (χ3v) is 3.17. The lowest BCUT2D eigenvalue weighted by molar-refractivity contribution is -0.697. The molecule has 0 amide bonds. The third kappa shape index (κ3) is 5.11. The summed E-state index contributed by atoms with van der Waals surface area (Å²) in [6, 6.07) is 8.44. The first kappa shape index (κ1) is 15.8. The van der Waals surface area contributed by atoms with E-state index in [1.165, 1.54) is 36.8 Å². The molecule has 0 aliphatic heterocycles. The zero-order chi connectivity index (χ0) is 12.6. The third-order valence-electron chi connectivity index (χ3n) is 3.17. The van der Waals surface area contributed by atoms with Gasteiger partial charge in [-0.05, 0) is 29.7 Å². The first-order valence-corrected chi connectivity index (χ1v) is 6.79. The molecule has 2 aromatic rings. The van der Waals surface area contributed by atoms with Crippen LogP contribution in [-0.2, 0) is 6.54 Å². The second-order valence-corrected chi connectivity index (χ2v) is 4.62. The molecule has 102 valence electrons. The summed E-state index contributed by atoms with van der Waals surface area (Å²) in [5.74, 6) is 0. The molecule has 0 radical (unpaired) electrons. The number of pyridine rings is 2. The van der Waals surface area contributed by atoms with Crippen LogP contribution in [0.1, 0.15) is 32.6 Å². The number of halogens is 1. The van der Waals surface area contributed by atoms with E-state index in [4.69, 9.17) is 0 Å². The number of nitrogens with zero attached hydrogens (tertiary/aromatic N) is 2. The van der Waals surface area contributed by atoms with Gasteiger partial charge in [0, 0.05) is 30.9 Å². The molecule has 2 aromatic heterocycles. The Morgan fingerprint density at radius 3 is 2.16 bits per heavy atom. The van der Waals surface area contributed by atoms with Crippen LogP contribution >= 0.6 is 0 Å². The van der Waals surface area contributed by atoms with Crippen molar-refractivity contribution in [3.63, 3.8) is 0 Å². The summed E-state index contributed by atoms with van der Waals surface area (Å²) < 4.78 is 2.26. The van der Waals surface area contributed by atoms with Crippen LogP contribution in [0.5, 0.6) is 0 Å². The Hall–Kier alpha value is -1.22. The first-order chi connectivity index (χ1) is 8.90. The van der Waals surface area contributed by atoms with Gasteiger partial charge in [-0.1, -0.05) is 19.8 Å². The van der Waals surface area contributed by atoms with E-state index in [-0.39, 0.29) is 17.0 Å². The van der Waals surface area contributed by atoms with Crippen LogP contribution in [0, 0.1) is 0 Å². The summed E-state index contributed by atoms with van der Waals surface area (Å²) in [4.78, 5) is 4.04. The second-order valence-electron chi connectivity index (χ2n) is 4.62. The molecule has 0 unspecified atom stereocenters. The van der Waals surface area contributed by atoms with Gasteiger partial charge in [0.05, 0.1) is 0 Å². The fourth-order valence-electron chi connectivity index (χ4n) is 2.06. The van der Waals surface area contributed by atoms with Gasteiger partial charge in [0.2, 0.25) is 0 Å². The molecule has 0 atom stereocenters. The minimum absolute atomic E-state index is 0. The molecule has 0 bridgehead atoms. The normalized spacial score (nSPS) is 9.95. The maximum Gasteiger partial charge on any atom is 0.169 e. The van der Waals surface area contributed by atoms with E-state index >= 15 is 0 Å².